The third-order valence-electron chi connectivity index (χ3n) is 4.01. The normalized spacial score (nSPS) is 11.0. The molecular formula is C18H14N4O2. The number of aromatic nitrogens is 4. The summed E-state index contributed by atoms with van der Waals surface area (Å²) in [7, 11) is 1.88. The molecule has 6 heteroatoms. The summed E-state index contributed by atoms with van der Waals surface area (Å²) >= 11 is 0. The molecule has 0 aliphatic heterocycles. The van der Waals surface area contributed by atoms with Gasteiger partial charge in [0, 0.05) is 47.7 Å². The van der Waals surface area contributed by atoms with Crippen LogP contribution in [0.5, 0.6) is 0 Å². The molecule has 118 valence electrons. The molecule has 3 aromatic heterocycles. The number of carbonyl (C=O) groups is 1. The molecule has 1 aromatic carbocycles. The molecule has 0 radical (unpaired) electrons. The Balaban J connectivity index is 1.82. The van der Waals surface area contributed by atoms with Gasteiger partial charge >= 0.3 is 5.97 Å². The Morgan fingerprint density at radius 2 is 1.92 bits per heavy atom. The van der Waals surface area contributed by atoms with Crippen molar-refractivity contribution in [3.63, 3.8) is 0 Å². The summed E-state index contributed by atoms with van der Waals surface area (Å²) in [6.45, 7) is 0. The first-order valence-corrected chi connectivity index (χ1v) is 7.42. The van der Waals surface area contributed by atoms with Crippen LogP contribution in [0.15, 0.2) is 55.1 Å². The smallest absolute Gasteiger partial charge is 0.335 e. The number of nitrogens with one attached hydrogen (secondary N) is 1. The van der Waals surface area contributed by atoms with Crippen molar-refractivity contribution in [3.8, 4) is 22.3 Å². The van der Waals surface area contributed by atoms with E-state index in [1.807, 2.05) is 37.8 Å². The largest absolute Gasteiger partial charge is 0.478 e. The zero-order valence-electron chi connectivity index (χ0n) is 12.9. The van der Waals surface area contributed by atoms with Gasteiger partial charge in [0.15, 0.2) is 0 Å². The third kappa shape index (κ3) is 2.34. The van der Waals surface area contributed by atoms with Crippen molar-refractivity contribution in [1.29, 1.82) is 0 Å². The lowest BCUT2D eigenvalue weighted by atomic mass is 10.0. The highest BCUT2D eigenvalue weighted by Gasteiger charge is 2.11. The van der Waals surface area contributed by atoms with Gasteiger partial charge in [0.2, 0.25) is 0 Å². The fourth-order valence-electron chi connectivity index (χ4n) is 2.76. The summed E-state index contributed by atoms with van der Waals surface area (Å²) in [6, 6.07) is 8.89. The van der Waals surface area contributed by atoms with Crippen LogP contribution in [0, 0.1) is 0 Å². The van der Waals surface area contributed by atoms with Crippen LogP contribution >= 0.6 is 0 Å². The van der Waals surface area contributed by atoms with Crippen molar-refractivity contribution >= 4 is 17.0 Å². The summed E-state index contributed by atoms with van der Waals surface area (Å²) < 4.78 is 1.75. The Hall–Kier alpha value is -3.41. The molecular weight excluding hydrogens is 304 g/mol. The number of rotatable bonds is 3. The number of aromatic amines is 1. The van der Waals surface area contributed by atoms with E-state index in [2.05, 4.69) is 21.1 Å². The van der Waals surface area contributed by atoms with E-state index in [9.17, 15) is 4.79 Å². The number of nitrogens with zero attached hydrogens (tertiary/aromatic N) is 3. The van der Waals surface area contributed by atoms with Gasteiger partial charge in [-0.1, -0.05) is 12.1 Å². The maximum absolute atomic E-state index is 11.0. The Bertz CT molecular complexity index is 1040. The van der Waals surface area contributed by atoms with Gasteiger partial charge in [-0.2, -0.15) is 5.10 Å². The van der Waals surface area contributed by atoms with Gasteiger partial charge in [-0.3, -0.25) is 4.68 Å². The Morgan fingerprint density at radius 1 is 1.12 bits per heavy atom. The molecule has 0 spiro atoms. The van der Waals surface area contributed by atoms with E-state index < -0.39 is 5.97 Å². The first kappa shape index (κ1) is 14.2. The highest BCUT2D eigenvalue weighted by Crippen LogP contribution is 2.31. The van der Waals surface area contributed by atoms with Crippen molar-refractivity contribution < 1.29 is 9.90 Å². The molecule has 4 rings (SSSR count). The molecule has 0 aliphatic rings. The lowest BCUT2D eigenvalue weighted by Crippen LogP contribution is -1.94. The highest BCUT2D eigenvalue weighted by molar-refractivity contribution is 5.96. The average Bonchev–Trinajstić information content (AvgIpc) is 3.20. The van der Waals surface area contributed by atoms with E-state index in [1.165, 1.54) is 0 Å². The number of benzene rings is 1. The standard InChI is InChI=1S/C18H14N4O2/c1-22-10-14(8-21-22)13-6-15-16(9-20-17(15)19-7-13)11-2-4-12(5-3-11)18(23)24/h2-10H,1H3,(H,19,20)(H,23,24). The number of aryl methyl sites for hydroxylation is 1. The van der Waals surface area contributed by atoms with Gasteiger partial charge in [-0.05, 0) is 23.8 Å². The highest BCUT2D eigenvalue weighted by atomic mass is 16.4. The Kier molecular flexibility index (Phi) is 3.16. The maximum atomic E-state index is 11.0. The molecule has 6 nitrogen and oxygen atoms in total. The second kappa shape index (κ2) is 5.34. The van der Waals surface area contributed by atoms with Crippen molar-refractivity contribution in [2.45, 2.75) is 0 Å². The second-order valence-corrected chi connectivity index (χ2v) is 5.61. The van der Waals surface area contributed by atoms with Crippen LogP contribution in [0.4, 0.5) is 0 Å². The van der Waals surface area contributed by atoms with Gasteiger partial charge in [-0.25, -0.2) is 9.78 Å². The Labute approximate surface area is 137 Å². The number of fused-ring (bicyclic) bond motifs is 1. The molecule has 0 atom stereocenters. The number of carboxylic acid groups (broad SMARTS) is 1. The number of carboxylic acids is 1. The van der Waals surface area contributed by atoms with Gasteiger partial charge in [-0.15, -0.1) is 0 Å². The van der Waals surface area contributed by atoms with Crippen LogP contribution in [0.2, 0.25) is 0 Å². The summed E-state index contributed by atoms with van der Waals surface area (Å²) in [5.74, 6) is -0.930. The third-order valence-corrected chi connectivity index (χ3v) is 4.01. The van der Waals surface area contributed by atoms with Crippen LogP contribution in [0.3, 0.4) is 0 Å². The van der Waals surface area contributed by atoms with E-state index in [0.717, 1.165) is 33.3 Å². The number of pyridine rings is 1. The molecule has 4 aromatic rings. The predicted octanol–water partition coefficient (Wildman–Crippen LogP) is 3.33. The number of hydrogen-bond acceptors (Lipinski definition) is 3. The molecule has 0 unspecified atom stereocenters. The first-order chi connectivity index (χ1) is 11.6. The van der Waals surface area contributed by atoms with Crippen LogP contribution < -0.4 is 0 Å². The van der Waals surface area contributed by atoms with Crippen molar-refractivity contribution in [2.24, 2.45) is 7.05 Å². The molecule has 0 aliphatic carbocycles. The minimum atomic E-state index is -0.930. The molecule has 2 N–H and O–H groups in total. The van der Waals surface area contributed by atoms with Crippen molar-refractivity contribution in [3.05, 3.63) is 60.7 Å². The molecule has 24 heavy (non-hydrogen) atoms. The lowest BCUT2D eigenvalue weighted by Gasteiger charge is -2.02. The second-order valence-electron chi connectivity index (χ2n) is 5.61. The molecule has 3 heterocycles. The summed E-state index contributed by atoms with van der Waals surface area (Å²) in [5, 5.41) is 14.2. The first-order valence-electron chi connectivity index (χ1n) is 7.42. The van der Waals surface area contributed by atoms with E-state index in [4.69, 9.17) is 5.11 Å². The monoisotopic (exact) mass is 318 g/mol. The van der Waals surface area contributed by atoms with E-state index in [0.29, 0.717) is 0 Å². The molecule has 0 bridgehead atoms. The van der Waals surface area contributed by atoms with Crippen LogP contribution in [0.25, 0.3) is 33.3 Å². The van der Waals surface area contributed by atoms with E-state index >= 15 is 0 Å². The number of H-pyrrole nitrogens is 1. The van der Waals surface area contributed by atoms with Crippen LogP contribution in [-0.2, 0) is 7.05 Å². The molecule has 0 amide bonds. The van der Waals surface area contributed by atoms with Gasteiger partial charge in [0.05, 0.1) is 11.8 Å². The van der Waals surface area contributed by atoms with E-state index in [-0.39, 0.29) is 5.56 Å². The van der Waals surface area contributed by atoms with Crippen molar-refractivity contribution in [2.75, 3.05) is 0 Å². The maximum Gasteiger partial charge on any atom is 0.335 e. The van der Waals surface area contributed by atoms with E-state index in [1.54, 1.807) is 23.0 Å². The lowest BCUT2D eigenvalue weighted by molar-refractivity contribution is 0.0697. The minimum Gasteiger partial charge on any atom is -0.478 e. The zero-order valence-corrected chi connectivity index (χ0v) is 12.9. The topological polar surface area (TPSA) is 83.8 Å². The van der Waals surface area contributed by atoms with Gasteiger partial charge in [0.25, 0.3) is 0 Å². The summed E-state index contributed by atoms with van der Waals surface area (Å²) in [5.41, 5.74) is 4.98. The molecule has 0 saturated carbocycles. The average molecular weight is 318 g/mol. The summed E-state index contributed by atoms with van der Waals surface area (Å²) in [4.78, 5) is 18.6. The number of hydrogen-bond donors (Lipinski definition) is 2. The van der Waals surface area contributed by atoms with Crippen LogP contribution in [0.1, 0.15) is 10.4 Å². The van der Waals surface area contributed by atoms with Crippen molar-refractivity contribution in [1.82, 2.24) is 19.7 Å². The fraction of sp³-hybridized carbons (Fsp3) is 0.0556. The number of aromatic carboxylic acids is 1. The van der Waals surface area contributed by atoms with Gasteiger partial charge in [0.1, 0.15) is 5.65 Å². The minimum absolute atomic E-state index is 0.271. The molecule has 0 saturated heterocycles. The molecule has 0 fully saturated rings. The predicted molar refractivity (Wildman–Crippen MR) is 90.7 cm³/mol. The summed E-state index contributed by atoms with van der Waals surface area (Å²) in [6.07, 6.45) is 7.45. The zero-order chi connectivity index (χ0) is 16.7. The van der Waals surface area contributed by atoms with Crippen LogP contribution in [-0.4, -0.2) is 30.8 Å². The quantitative estimate of drug-likeness (QED) is 0.607. The fourth-order valence-corrected chi connectivity index (χ4v) is 2.76. The van der Waals surface area contributed by atoms with Gasteiger partial charge < -0.3 is 10.1 Å². The SMILES string of the molecule is Cn1cc(-c2cnc3[nH]cc(-c4ccc(C(=O)O)cc4)c3c2)cn1. The Morgan fingerprint density at radius 3 is 2.58 bits per heavy atom.